The number of amides is 1. The second-order valence-electron chi connectivity index (χ2n) is 6.18. The van der Waals surface area contributed by atoms with Gasteiger partial charge in [-0.15, -0.1) is 11.3 Å². The van der Waals surface area contributed by atoms with Crippen molar-refractivity contribution in [2.24, 2.45) is 0 Å². The third kappa shape index (κ3) is 2.80. The average Bonchev–Trinajstić information content (AvgIpc) is 3.18. The summed E-state index contributed by atoms with van der Waals surface area (Å²) < 4.78 is 1.11. The molecular weight excluding hydrogens is 342 g/mol. The number of para-hydroxylation sites is 1. The van der Waals surface area contributed by atoms with E-state index in [9.17, 15) is 4.79 Å². The molecule has 26 heavy (non-hydrogen) atoms. The summed E-state index contributed by atoms with van der Waals surface area (Å²) in [4.78, 5) is 17.1. The molecule has 0 aliphatic rings. The van der Waals surface area contributed by atoms with Crippen LogP contribution in [0.3, 0.4) is 0 Å². The zero-order chi connectivity index (χ0) is 18.1. The van der Waals surface area contributed by atoms with E-state index in [-0.39, 0.29) is 11.9 Å². The summed E-state index contributed by atoms with van der Waals surface area (Å²) in [7, 11) is 1.64. The molecule has 4 rings (SSSR count). The van der Waals surface area contributed by atoms with Crippen LogP contribution in [-0.4, -0.2) is 17.9 Å². The normalized spacial score (nSPS) is 12.2. The fourth-order valence-electron chi connectivity index (χ4n) is 3.19. The topological polar surface area (TPSA) is 54.0 Å². The fourth-order valence-corrected chi connectivity index (χ4v) is 4.06. The summed E-state index contributed by atoms with van der Waals surface area (Å²) >= 11 is 1.66. The predicted molar refractivity (Wildman–Crippen MR) is 109 cm³/mol. The lowest BCUT2D eigenvalue weighted by molar-refractivity contribution is 0.0964. The largest absolute Gasteiger partial charge is 0.362 e. The number of rotatable bonds is 4. The Balaban J connectivity index is 1.88. The van der Waals surface area contributed by atoms with E-state index in [1.165, 1.54) is 5.56 Å². The highest BCUT2D eigenvalue weighted by molar-refractivity contribution is 7.18. The van der Waals surface area contributed by atoms with E-state index in [1.54, 1.807) is 18.4 Å². The van der Waals surface area contributed by atoms with Crippen LogP contribution in [0, 0.1) is 0 Å². The number of aromatic nitrogens is 1. The zero-order valence-electron chi connectivity index (χ0n) is 14.6. The lowest BCUT2D eigenvalue weighted by Gasteiger charge is -2.17. The van der Waals surface area contributed by atoms with Gasteiger partial charge in [0.05, 0.1) is 15.8 Å². The Kier molecular flexibility index (Phi) is 4.31. The number of thiophene rings is 1. The van der Waals surface area contributed by atoms with Crippen LogP contribution in [0.5, 0.6) is 0 Å². The van der Waals surface area contributed by atoms with Crippen molar-refractivity contribution in [1.29, 1.82) is 0 Å². The van der Waals surface area contributed by atoms with Crippen LogP contribution in [-0.2, 0) is 0 Å². The van der Waals surface area contributed by atoms with Gasteiger partial charge in [0, 0.05) is 23.9 Å². The highest BCUT2D eigenvalue weighted by Crippen LogP contribution is 2.36. The smallest absolute Gasteiger partial charge is 0.253 e. The first-order valence-electron chi connectivity index (χ1n) is 8.52. The SMILES string of the molecule is CNC(=O)c1cccc2c1nc(NC(C)c1ccccc1)c1sccc12. The van der Waals surface area contributed by atoms with Crippen molar-refractivity contribution in [2.75, 3.05) is 12.4 Å². The number of fused-ring (bicyclic) bond motifs is 3. The Morgan fingerprint density at radius 3 is 2.62 bits per heavy atom. The predicted octanol–water partition coefficient (Wildman–Crippen LogP) is 4.98. The first kappa shape index (κ1) is 16.5. The number of hydrogen-bond acceptors (Lipinski definition) is 4. The van der Waals surface area contributed by atoms with Gasteiger partial charge < -0.3 is 10.6 Å². The van der Waals surface area contributed by atoms with Crippen molar-refractivity contribution < 1.29 is 4.79 Å². The summed E-state index contributed by atoms with van der Waals surface area (Å²) in [5.41, 5.74) is 2.51. The van der Waals surface area contributed by atoms with Crippen LogP contribution in [0.15, 0.2) is 60.0 Å². The van der Waals surface area contributed by atoms with E-state index in [2.05, 4.69) is 41.1 Å². The molecule has 2 aromatic carbocycles. The van der Waals surface area contributed by atoms with Gasteiger partial charge in [0.2, 0.25) is 0 Å². The van der Waals surface area contributed by atoms with Gasteiger partial charge in [0.15, 0.2) is 0 Å². The molecule has 4 nitrogen and oxygen atoms in total. The molecule has 0 radical (unpaired) electrons. The minimum Gasteiger partial charge on any atom is -0.362 e. The summed E-state index contributed by atoms with van der Waals surface area (Å²) in [6.45, 7) is 2.12. The Hall–Kier alpha value is -2.92. The van der Waals surface area contributed by atoms with Gasteiger partial charge in [-0.1, -0.05) is 42.5 Å². The molecule has 2 heterocycles. The molecule has 1 unspecified atom stereocenters. The van der Waals surface area contributed by atoms with Crippen LogP contribution in [0.1, 0.15) is 28.9 Å². The molecule has 5 heteroatoms. The van der Waals surface area contributed by atoms with Crippen LogP contribution in [0.2, 0.25) is 0 Å². The van der Waals surface area contributed by atoms with E-state index < -0.39 is 0 Å². The first-order chi connectivity index (χ1) is 12.7. The van der Waals surface area contributed by atoms with Gasteiger partial charge in [-0.05, 0) is 30.0 Å². The van der Waals surface area contributed by atoms with Crippen molar-refractivity contribution in [2.45, 2.75) is 13.0 Å². The van der Waals surface area contributed by atoms with Gasteiger partial charge in [0.25, 0.3) is 5.91 Å². The Morgan fingerprint density at radius 1 is 1.04 bits per heavy atom. The van der Waals surface area contributed by atoms with E-state index in [1.807, 2.05) is 36.4 Å². The molecule has 0 saturated heterocycles. The van der Waals surface area contributed by atoms with Crippen LogP contribution < -0.4 is 10.6 Å². The highest BCUT2D eigenvalue weighted by Gasteiger charge is 2.16. The average molecular weight is 361 g/mol. The van der Waals surface area contributed by atoms with Crippen LogP contribution >= 0.6 is 11.3 Å². The minimum absolute atomic E-state index is 0.110. The molecule has 130 valence electrons. The van der Waals surface area contributed by atoms with Gasteiger partial charge in [0.1, 0.15) is 5.82 Å². The van der Waals surface area contributed by atoms with Crippen molar-refractivity contribution in [1.82, 2.24) is 10.3 Å². The van der Waals surface area contributed by atoms with Crippen molar-refractivity contribution >= 4 is 44.1 Å². The molecule has 2 aromatic heterocycles. The number of benzene rings is 2. The quantitative estimate of drug-likeness (QED) is 0.539. The van der Waals surface area contributed by atoms with E-state index in [0.717, 1.165) is 26.8 Å². The van der Waals surface area contributed by atoms with Crippen molar-refractivity contribution in [3.63, 3.8) is 0 Å². The van der Waals surface area contributed by atoms with Gasteiger partial charge in [-0.25, -0.2) is 4.98 Å². The fraction of sp³-hybridized carbons (Fsp3) is 0.143. The van der Waals surface area contributed by atoms with Gasteiger partial charge >= 0.3 is 0 Å². The molecule has 0 fully saturated rings. The molecule has 0 saturated carbocycles. The number of carbonyl (C=O) groups is 1. The number of nitrogens with one attached hydrogen (secondary N) is 2. The minimum atomic E-state index is -0.125. The molecule has 0 bridgehead atoms. The molecular formula is C21H19N3OS. The van der Waals surface area contributed by atoms with E-state index >= 15 is 0 Å². The standard InChI is InChI=1S/C21H19N3OS/c1-13(14-7-4-3-5-8-14)23-20-19-16(11-12-26-19)15-9-6-10-17(18(15)24-20)21(25)22-2/h3-13H,1-2H3,(H,22,25)(H,23,24). The second-order valence-corrected chi connectivity index (χ2v) is 7.10. The lowest BCUT2D eigenvalue weighted by Crippen LogP contribution is -2.18. The number of pyridine rings is 1. The maximum absolute atomic E-state index is 12.3. The number of hydrogen-bond donors (Lipinski definition) is 2. The second kappa shape index (κ2) is 6.77. The molecule has 2 N–H and O–H groups in total. The number of anilines is 1. The summed E-state index contributed by atoms with van der Waals surface area (Å²) in [5.74, 6) is 0.690. The third-order valence-corrected chi connectivity index (χ3v) is 5.48. The Labute approximate surface area is 155 Å². The summed E-state index contributed by atoms with van der Waals surface area (Å²) in [5, 5.41) is 10.4. The number of nitrogens with zero attached hydrogens (tertiary/aromatic N) is 1. The monoisotopic (exact) mass is 361 g/mol. The molecule has 0 spiro atoms. The van der Waals surface area contributed by atoms with Crippen molar-refractivity contribution in [3.8, 4) is 0 Å². The Morgan fingerprint density at radius 2 is 1.85 bits per heavy atom. The molecule has 1 atom stereocenters. The Bertz CT molecular complexity index is 1090. The molecule has 4 aromatic rings. The number of carbonyl (C=O) groups excluding carboxylic acids is 1. The van der Waals surface area contributed by atoms with Gasteiger partial charge in [-0.3, -0.25) is 4.79 Å². The summed E-state index contributed by atoms with van der Waals surface area (Å²) in [6.07, 6.45) is 0. The highest BCUT2D eigenvalue weighted by atomic mass is 32.1. The van der Waals surface area contributed by atoms with Gasteiger partial charge in [-0.2, -0.15) is 0 Å². The summed E-state index contributed by atoms with van der Waals surface area (Å²) in [6, 6.07) is 18.2. The van der Waals surface area contributed by atoms with Crippen molar-refractivity contribution in [3.05, 3.63) is 71.1 Å². The van der Waals surface area contributed by atoms with E-state index in [4.69, 9.17) is 4.98 Å². The lowest BCUT2D eigenvalue weighted by atomic mass is 10.1. The molecule has 0 aliphatic carbocycles. The molecule has 1 amide bonds. The maximum atomic E-state index is 12.3. The van der Waals surface area contributed by atoms with Crippen LogP contribution in [0.25, 0.3) is 21.0 Å². The zero-order valence-corrected chi connectivity index (χ0v) is 15.4. The third-order valence-electron chi connectivity index (χ3n) is 4.55. The first-order valence-corrected chi connectivity index (χ1v) is 9.40. The van der Waals surface area contributed by atoms with E-state index in [0.29, 0.717) is 5.56 Å². The maximum Gasteiger partial charge on any atom is 0.253 e. The van der Waals surface area contributed by atoms with Crippen LogP contribution in [0.4, 0.5) is 5.82 Å². The molecule has 0 aliphatic heterocycles.